The highest BCUT2D eigenvalue weighted by Crippen LogP contribution is 2.15. The van der Waals surface area contributed by atoms with Crippen molar-refractivity contribution in [3.8, 4) is 0 Å². The van der Waals surface area contributed by atoms with Gasteiger partial charge in [0.2, 0.25) is 0 Å². The molecular formula is C13H19OP. The monoisotopic (exact) mass is 222 g/mol. The van der Waals surface area contributed by atoms with Gasteiger partial charge in [0.1, 0.15) is 0 Å². The van der Waals surface area contributed by atoms with Crippen LogP contribution in [0.15, 0.2) is 24.3 Å². The van der Waals surface area contributed by atoms with Crippen LogP contribution in [0.3, 0.4) is 0 Å². The quantitative estimate of drug-likeness (QED) is 0.759. The zero-order valence-electron chi connectivity index (χ0n) is 9.46. The number of hydrogen-bond donors (Lipinski definition) is 1. The normalized spacial score (nSPS) is 12.5. The van der Waals surface area contributed by atoms with Crippen LogP contribution >= 0.6 is 8.86 Å². The highest BCUT2D eigenvalue weighted by atomic mass is 31.0. The number of benzene rings is 1. The van der Waals surface area contributed by atoms with Crippen LogP contribution in [0.2, 0.25) is 0 Å². The summed E-state index contributed by atoms with van der Waals surface area (Å²) < 4.78 is 0. The van der Waals surface area contributed by atoms with Crippen molar-refractivity contribution in [2.24, 2.45) is 5.92 Å². The Hall–Kier alpha value is -0.650. The Balaban J connectivity index is 2.81. The molecule has 0 unspecified atom stereocenters. The number of aliphatic hydroxyl groups excluding tert-OH is 1. The minimum Gasteiger partial charge on any atom is -0.396 e. The van der Waals surface area contributed by atoms with Crippen LogP contribution in [-0.4, -0.2) is 17.0 Å². The first-order valence-electron chi connectivity index (χ1n) is 5.35. The fourth-order valence-corrected chi connectivity index (χ4v) is 1.85. The highest BCUT2D eigenvalue weighted by molar-refractivity contribution is 7.20. The van der Waals surface area contributed by atoms with E-state index >= 15 is 0 Å². The first-order valence-corrected chi connectivity index (χ1v) is 5.85. The summed E-state index contributed by atoms with van der Waals surface area (Å²) >= 11 is 0. The third-order valence-electron chi connectivity index (χ3n) is 2.45. The standard InChI is InChI=1S/C13H19OP/c1-10(9-14)7-12-5-3-4-6-13(12)8-11(2)15/h3-6,10,14-15H,7-9H2,1-2H3/t10-/m0/s1. The van der Waals surface area contributed by atoms with E-state index in [1.165, 1.54) is 16.4 Å². The molecule has 15 heavy (non-hydrogen) atoms. The maximum absolute atomic E-state index is 9.05. The molecule has 0 aliphatic rings. The average Bonchev–Trinajstić information content (AvgIpc) is 2.20. The lowest BCUT2D eigenvalue weighted by Crippen LogP contribution is -2.07. The van der Waals surface area contributed by atoms with Gasteiger partial charge in [-0.1, -0.05) is 31.2 Å². The topological polar surface area (TPSA) is 20.2 Å². The first kappa shape index (κ1) is 12.4. The molecule has 0 aliphatic carbocycles. The summed E-state index contributed by atoms with van der Waals surface area (Å²) in [5, 5.41) is 10.3. The molecule has 0 aliphatic heterocycles. The van der Waals surface area contributed by atoms with Crippen LogP contribution in [-0.2, 0) is 12.8 Å². The van der Waals surface area contributed by atoms with E-state index < -0.39 is 0 Å². The molecule has 1 rings (SSSR count). The molecule has 0 spiro atoms. The van der Waals surface area contributed by atoms with Crippen LogP contribution in [0.1, 0.15) is 25.0 Å². The fraction of sp³-hybridized carbons (Fsp3) is 0.462. The van der Waals surface area contributed by atoms with E-state index in [0.717, 1.165) is 12.8 Å². The molecule has 0 saturated heterocycles. The Morgan fingerprint density at radius 2 is 1.93 bits per heavy atom. The summed E-state index contributed by atoms with van der Waals surface area (Å²) in [6.07, 6.45) is 1.91. The van der Waals surface area contributed by atoms with E-state index in [-0.39, 0.29) is 6.61 Å². The smallest absolute Gasteiger partial charge is 0.0459 e. The summed E-state index contributed by atoms with van der Waals surface area (Å²) in [7, 11) is 3.55. The lowest BCUT2D eigenvalue weighted by molar-refractivity contribution is 0.237. The minimum absolute atomic E-state index is 0.255. The van der Waals surface area contributed by atoms with Gasteiger partial charge in [0.05, 0.1) is 0 Å². The average molecular weight is 222 g/mol. The van der Waals surface area contributed by atoms with Crippen LogP contribution in [0.25, 0.3) is 0 Å². The van der Waals surface area contributed by atoms with Crippen LogP contribution < -0.4 is 0 Å². The Bertz CT molecular complexity index is 333. The van der Waals surface area contributed by atoms with E-state index in [0.29, 0.717) is 5.92 Å². The van der Waals surface area contributed by atoms with Crippen molar-refractivity contribution in [3.63, 3.8) is 0 Å². The maximum Gasteiger partial charge on any atom is 0.0459 e. The largest absolute Gasteiger partial charge is 0.396 e. The lowest BCUT2D eigenvalue weighted by Gasteiger charge is -2.12. The van der Waals surface area contributed by atoms with E-state index in [9.17, 15) is 0 Å². The zero-order chi connectivity index (χ0) is 11.3. The second-order valence-corrected chi connectivity index (χ2v) is 5.07. The summed E-state index contributed by atoms with van der Waals surface area (Å²) in [5.41, 5.74) is 2.70. The van der Waals surface area contributed by atoms with Gasteiger partial charge >= 0.3 is 0 Å². The number of aliphatic hydroxyl groups is 1. The Morgan fingerprint density at radius 1 is 1.33 bits per heavy atom. The molecule has 82 valence electrons. The van der Waals surface area contributed by atoms with Gasteiger partial charge in [-0.15, -0.1) is 8.86 Å². The summed E-state index contributed by atoms with van der Waals surface area (Å²) in [4.78, 5) is 0. The van der Waals surface area contributed by atoms with Crippen LogP contribution in [0.4, 0.5) is 0 Å². The minimum atomic E-state index is 0.255. The molecule has 1 nitrogen and oxygen atoms in total. The molecule has 0 bridgehead atoms. The van der Waals surface area contributed by atoms with Crippen molar-refractivity contribution in [1.29, 1.82) is 0 Å². The van der Waals surface area contributed by atoms with Gasteiger partial charge in [-0.05, 0) is 42.1 Å². The van der Waals surface area contributed by atoms with Gasteiger partial charge in [0.25, 0.3) is 0 Å². The van der Waals surface area contributed by atoms with Crippen molar-refractivity contribution in [3.05, 3.63) is 35.4 Å². The molecule has 0 aromatic heterocycles. The summed E-state index contributed by atoms with van der Waals surface area (Å²) in [6.45, 7) is 4.40. The van der Waals surface area contributed by atoms with Gasteiger partial charge in [0.15, 0.2) is 0 Å². The molecular weight excluding hydrogens is 203 g/mol. The lowest BCUT2D eigenvalue weighted by atomic mass is 9.95. The summed E-state index contributed by atoms with van der Waals surface area (Å²) in [5.74, 6) is 0.334. The van der Waals surface area contributed by atoms with Gasteiger partial charge in [-0.2, -0.15) is 0 Å². The fourth-order valence-electron chi connectivity index (χ4n) is 1.65. The first-order chi connectivity index (χ1) is 7.13. The van der Waals surface area contributed by atoms with E-state index in [2.05, 4.69) is 47.0 Å². The van der Waals surface area contributed by atoms with E-state index in [4.69, 9.17) is 5.11 Å². The van der Waals surface area contributed by atoms with Crippen LogP contribution in [0, 0.1) is 5.92 Å². The van der Waals surface area contributed by atoms with Crippen molar-refractivity contribution in [1.82, 2.24) is 0 Å². The molecule has 0 heterocycles. The van der Waals surface area contributed by atoms with Crippen molar-refractivity contribution < 1.29 is 5.11 Å². The van der Waals surface area contributed by atoms with E-state index in [1.807, 2.05) is 0 Å². The van der Waals surface area contributed by atoms with Crippen LogP contribution in [0.5, 0.6) is 0 Å². The Morgan fingerprint density at radius 3 is 2.47 bits per heavy atom. The predicted octanol–water partition coefficient (Wildman–Crippen LogP) is 2.74. The Labute approximate surface area is 94.4 Å². The molecule has 1 aromatic carbocycles. The molecule has 0 fully saturated rings. The SMILES string of the molecule is CC(=P)Cc1ccccc1C[C@H](C)CO. The van der Waals surface area contributed by atoms with Crippen molar-refractivity contribution >= 4 is 14.2 Å². The predicted molar refractivity (Wildman–Crippen MR) is 69.1 cm³/mol. The summed E-state index contributed by atoms with van der Waals surface area (Å²) in [6, 6.07) is 8.43. The van der Waals surface area contributed by atoms with Crippen molar-refractivity contribution in [2.75, 3.05) is 6.61 Å². The number of rotatable bonds is 5. The molecule has 1 aromatic rings. The van der Waals surface area contributed by atoms with Gasteiger partial charge in [0, 0.05) is 6.61 Å². The number of hydrogen-bond acceptors (Lipinski definition) is 1. The van der Waals surface area contributed by atoms with Crippen molar-refractivity contribution in [2.45, 2.75) is 26.7 Å². The Kier molecular flexibility index (Phi) is 5.01. The maximum atomic E-state index is 9.05. The zero-order valence-corrected chi connectivity index (χ0v) is 10.5. The third kappa shape index (κ3) is 4.15. The van der Waals surface area contributed by atoms with Gasteiger partial charge < -0.3 is 5.11 Å². The molecule has 1 atom stereocenters. The molecule has 0 saturated carbocycles. The van der Waals surface area contributed by atoms with Gasteiger partial charge in [-0.3, -0.25) is 0 Å². The van der Waals surface area contributed by atoms with Gasteiger partial charge in [-0.25, -0.2) is 0 Å². The second kappa shape index (κ2) is 6.05. The molecule has 0 radical (unpaired) electrons. The molecule has 0 amide bonds. The molecule has 2 heteroatoms. The second-order valence-electron chi connectivity index (χ2n) is 4.22. The molecule has 1 N–H and O–H groups in total. The van der Waals surface area contributed by atoms with E-state index in [1.54, 1.807) is 0 Å². The highest BCUT2D eigenvalue weighted by Gasteiger charge is 2.06. The third-order valence-corrected chi connectivity index (χ3v) is 2.63.